The van der Waals surface area contributed by atoms with E-state index in [9.17, 15) is 18.3 Å². The second-order valence-electron chi connectivity index (χ2n) is 11.0. The number of carbonyl (C=O) groups excluding carboxylic acids is 1. The summed E-state index contributed by atoms with van der Waals surface area (Å²) in [5, 5.41) is 20.0. The molecule has 1 aliphatic carbocycles. The zero-order chi connectivity index (χ0) is 26.5. The first-order valence-corrected chi connectivity index (χ1v) is 16.2. The van der Waals surface area contributed by atoms with Crippen LogP contribution in [-0.2, 0) is 19.2 Å². The number of aliphatic hydroxyl groups excluding tert-OH is 1. The van der Waals surface area contributed by atoms with Gasteiger partial charge in [-0.15, -0.1) is 0 Å². The Morgan fingerprint density at radius 3 is 2.00 bits per heavy atom. The lowest BCUT2D eigenvalue weighted by atomic mass is 9.66. The number of nitrogens with one attached hydrogen (secondary N) is 1. The Kier molecular flexibility index (Phi) is 9.16. The van der Waals surface area contributed by atoms with Gasteiger partial charge in [-0.2, -0.15) is 0 Å². The monoisotopic (exact) mass is 532 g/mol. The Labute approximate surface area is 216 Å². The summed E-state index contributed by atoms with van der Waals surface area (Å²) in [5.74, 6) is -0.603. The zero-order valence-electron chi connectivity index (χ0n) is 21.6. The van der Waals surface area contributed by atoms with E-state index in [1.165, 1.54) is 0 Å². The van der Waals surface area contributed by atoms with Crippen molar-refractivity contribution in [3.63, 3.8) is 0 Å². The number of carbonyl (C=O) groups is 1. The highest BCUT2D eigenvalue weighted by Crippen LogP contribution is 2.46. The van der Waals surface area contributed by atoms with E-state index in [4.69, 9.17) is 9.56 Å². The molecule has 0 spiro atoms. The van der Waals surface area contributed by atoms with Gasteiger partial charge in [0.2, 0.25) is 15.9 Å². The number of nitrogens with two attached hydrogens (primary N) is 1. The molecule has 0 heterocycles. The molecule has 0 aromatic heterocycles. The molecule has 1 fully saturated rings. The minimum atomic E-state index is -3.67. The van der Waals surface area contributed by atoms with Crippen molar-refractivity contribution < 1.29 is 22.7 Å². The van der Waals surface area contributed by atoms with Gasteiger partial charge >= 0.3 is 0 Å². The molecule has 1 aliphatic rings. The number of hydrogen-bond acceptors (Lipinski definition) is 5. The van der Waals surface area contributed by atoms with E-state index < -0.39 is 24.4 Å². The maximum Gasteiger partial charge on any atom is 0.261 e. The van der Waals surface area contributed by atoms with E-state index in [1.807, 2.05) is 36.4 Å². The van der Waals surface area contributed by atoms with Crippen LogP contribution in [-0.4, -0.2) is 52.8 Å². The minimum Gasteiger partial charge on any atom is -0.404 e. The van der Waals surface area contributed by atoms with Crippen molar-refractivity contribution >= 4 is 34.6 Å². The van der Waals surface area contributed by atoms with Gasteiger partial charge in [-0.3, -0.25) is 4.79 Å². The smallest absolute Gasteiger partial charge is 0.261 e. The molecule has 198 valence electrons. The van der Waals surface area contributed by atoms with Crippen molar-refractivity contribution in [1.29, 1.82) is 0 Å². The van der Waals surface area contributed by atoms with E-state index in [0.717, 1.165) is 29.6 Å². The quantitative estimate of drug-likeness (QED) is 0.363. The van der Waals surface area contributed by atoms with E-state index in [-0.39, 0.29) is 41.7 Å². The molecule has 2 aromatic carbocycles. The Balaban J connectivity index is 2.00. The summed E-state index contributed by atoms with van der Waals surface area (Å²) in [6, 6.07) is 20.5. The molecular formula is C27H40N2O5SSi. The Morgan fingerprint density at radius 2 is 1.61 bits per heavy atom. The van der Waals surface area contributed by atoms with E-state index >= 15 is 0 Å². The average Bonchev–Trinajstić information content (AvgIpc) is 2.79. The molecule has 0 saturated heterocycles. The standard InChI is InChI=1S/C27H40N2O5SSi/c1-26(2,3)36(23-11-6-4-7-12-23,24-13-8-5-9-14-24)34-22(20-27(21-30)15-10-16-27)19-25(31)29-17-18-35(28,32)33/h4-9,11-14,22,30H,10,15-21H2,1-3H3,(H,29,31)(H2,28,32,33)/t22-/m1/s1. The van der Waals surface area contributed by atoms with Crippen LogP contribution in [0, 0.1) is 5.41 Å². The van der Waals surface area contributed by atoms with Crippen LogP contribution >= 0.6 is 0 Å². The summed E-state index contributed by atoms with van der Waals surface area (Å²) in [6.07, 6.45) is 3.05. The van der Waals surface area contributed by atoms with Gasteiger partial charge < -0.3 is 14.8 Å². The third-order valence-electron chi connectivity index (χ3n) is 7.29. The lowest BCUT2D eigenvalue weighted by Crippen LogP contribution is -2.68. The largest absolute Gasteiger partial charge is 0.404 e. The normalized spacial score (nSPS) is 16.7. The molecule has 1 atom stereocenters. The highest BCUT2D eigenvalue weighted by Gasteiger charge is 2.52. The van der Waals surface area contributed by atoms with Crippen molar-refractivity contribution in [3.8, 4) is 0 Å². The van der Waals surface area contributed by atoms with Gasteiger partial charge in [0.15, 0.2) is 0 Å². The summed E-state index contributed by atoms with van der Waals surface area (Å²) >= 11 is 0. The molecular weight excluding hydrogens is 492 g/mol. The molecule has 0 bridgehead atoms. The van der Waals surface area contributed by atoms with Gasteiger partial charge in [-0.05, 0) is 40.1 Å². The highest BCUT2D eigenvalue weighted by molar-refractivity contribution is 7.89. The maximum absolute atomic E-state index is 13.0. The Bertz CT molecular complexity index is 1050. The van der Waals surface area contributed by atoms with E-state index in [1.54, 1.807) is 0 Å². The average molecular weight is 533 g/mol. The summed E-state index contributed by atoms with van der Waals surface area (Å²) in [6.45, 7) is 6.57. The molecule has 3 rings (SSSR count). The lowest BCUT2D eigenvalue weighted by molar-refractivity contribution is -0.123. The first kappa shape index (κ1) is 28.5. The van der Waals surface area contributed by atoms with Gasteiger partial charge in [-0.25, -0.2) is 13.6 Å². The van der Waals surface area contributed by atoms with Crippen LogP contribution in [0.4, 0.5) is 0 Å². The van der Waals surface area contributed by atoms with Gasteiger partial charge in [0, 0.05) is 13.2 Å². The van der Waals surface area contributed by atoms with Gasteiger partial charge in [0.05, 0.1) is 18.3 Å². The number of rotatable bonds is 12. The molecule has 0 radical (unpaired) electrons. The van der Waals surface area contributed by atoms with Crippen molar-refractivity contribution in [3.05, 3.63) is 60.7 Å². The molecule has 0 unspecified atom stereocenters. The topological polar surface area (TPSA) is 119 Å². The summed E-state index contributed by atoms with van der Waals surface area (Å²) in [4.78, 5) is 13.0. The fourth-order valence-electron chi connectivity index (χ4n) is 5.29. The second-order valence-corrected chi connectivity index (χ2v) is 17.0. The van der Waals surface area contributed by atoms with Gasteiger partial charge in [0.25, 0.3) is 8.32 Å². The van der Waals surface area contributed by atoms with Gasteiger partial charge in [-0.1, -0.05) is 87.9 Å². The van der Waals surface area contributed by atoms with Crippen LogP contribution in [0.15, 0.2) is 60.7 Å². The molecule has 36 heavy (non-hydrogen) atoms. The van der Waals surface area contributed by atoms with Crippen molar-refractivity contribution in [2.75, 3.05) is 18.9 Å². The van der Waals surface area contributed by atoms with Crippen LogP contribution in [0.25, 0.3) is 0 Å². The molecule has 1 amide bonds. The summed E-state index contributed by atoms with van der Waals surface area (Å²) < 4.78 is 29.8. The molecule has 9 heteroatoms. The fraction of sp³-hybridized carbons (Fsp3) is 0.519. The van der Waals surface area contributed by atoms with E-state index in [2.05, 4.69) is 50.4 Å². The second kappa shape index (κ2) is 11.6. The third kappa shape index (κ3) is 6.83. The maximum atomic E-state index is 13.0. The van der Waals surface area contributed by atoms with Crippen LogP contribution < -0.4 is 20.8 Å². The SMILES string of the molecule is CC(C)(C)[Si](O[C@H](CC(=O)NCCS(N)(=O)=O)CC1(CO)CCC1)(c1ccccc1)c1ccccc1. The predicted molar refractivity (Wildman–Crippen MR) is 146 cm³/mol. The number of aliphatic hydroxyl groups is 1. The number of hydrogen-bond donors (Lipinski definition) is 3. The third-order valence-corrected chi connectivity index (χ3v) is 13.2. The minimum absolute atomic E-state index is 0.0469. The lowest BCUT2D eigenvalue weighted by Gasteiger charge is -2.48. The van der Waals surface area contributed by atoms with Crippen LogP contribution in [0.1, 0.15) is 52.9 Å². The fourth-order valence-corrected chi connectivity index (χ4v) is 10.4. The van der Waals surface area contributed by atoms with Crippen molar-refractivity contribution in [2.24, 2.45) is 10.6 Å². The van der Waals surface area contributed by atoms with Crippen LogP contribution in [0.5, 0.6) is 0 Å². The zero-order valence-corrected chi connectivity index (χ0v) is 23.4. The molecule has 2 aromatic rings. The summed E-state index contributed by atoms with van der Waals surface area (Å²) in [7, 11) is -6.59. The number of sulfonamides is 1. The first-order chi connectivity index (χ1) is 16.9. The Hall–Kier alpha value is -2.04. The highest BCUT2D eigenvalue weighted by atomic mass is 32.2. The number of primary sulfonamides is 1. The van der Waals surface area contributed by atoms with Crippen molar-refractivity contribution in [2.45, 2.75) is 64.0 Å². The summed E-state index contributed by atoms with van der Waals surface area (Å²) in [5.41, 5.74) is -0.253. The molecule has 0 aliphatic heterocycles. The van der Waals surface area contributed by atoms with Crippen LogP contribution in [0.2, 0.25) is 5.04 Å². The van der Waals surface area contributed by atoms with Crippen molar-refractivity contribution in [1.82, 2.24) is 5.32 Å². The number of benzene rings is 2. The van der Waals surface area contributed by atoms with E-state index in [0.29, 0.717) is 6.42 Å². The Morgan fingerprint density at radius 1 is 1.08 bits per heavy atom. The van der Waals surface area contributed by atoms with Crippen LogP contribution in [0.3, 0.4) is 0 Å². The molecule has 1 saturated carbocycles. The number of amides is 1. The predicted octanol–water partition coefficient (Wildman–Crippen LogP) is 2.28. The first-order valence-electron chi connectivity index (χ1n) is 12.6. The van der Waals surface area contributed by atoms with Gasteiger partial charge in [0.1, 0.15) is 0 Å². The molecule has 7 nitrogen and oxygen atoms in total. The molecule has 4 N–H and O–H groups in total.